The maximum absolute atomic E-state index is 12.2. The molecule has 0 saturated carbocycles. The Hall–Kier alpha value is -0.870. The van der Waals surface area contributed by atoms with Gasteiger partial charge in [0.1, 0.15) is 0 Å². The van der Waals surface area contributed by atoms with Crippen LogP contribution in [0, 0.1) is 6.92 Å². The fourth-order valence-corrected chi connectivity index (χ4v) is 2.90. The number of nitrogens with one attached hydrogen (secondary N) is 1. The first-order valence-electron chi connectivity index (χ1n) is 5.93. The molecule has 1 N–H and O–H groups in total. The van der Waals surface area contributed by atoms with Crippen molar-refractivity contribution in [1.29, 1.82) is 0 Å². The summed E-state index contributed by atoms with van der Waals surface area (Å²) >= 11 is 0. The molecule has 0 atom stereocenters. The van der Waals surface area contributed by atoms with E-state index >= 15 is 0 Å². The van der Waals surface area contributed by atoms with Gasteiger partial charge in [0.25, 0.3) is 0 Å². The quantitative estimate of drug-likeness (QED) is 0.878. The van der Waals surface area contributed by atoms with Crippen molar-refractivity contribution in [2.24, 2.45) is 0 Å². The van der Waals surface area contributed by atoms with E-state index in [1.807, 2.05) is 26.0 Å². The van der Waals surface area contributed by atoms with E-state index in [4.69, 9.17) is 0 Å². The first kappa shape index (κ1) is 14.2. The van der Waals surface area contributed by atoms with E-state index in [0.29, 0.717) is 11.4 Å². The van der Waals surface area contributed by atoms with Gasteiger partial charge in [-0.05, 0) is 38.9 Å². The van der Waals surface area contributed by atoms with E-state index in [2.05, 4.69) is 5.32 Å². The molecule has 0 fully saturated rings. The molecule has 0 unspecified atom stereocenters. The van der Waals surface area contributed by atoms with E-state index in [0.717, 1.165) is 17.7 Å². The van der Waals surface area contributed by atoms with Crippen molar-refractivity contribution < 1.29 is 8.42 Å². The van der Waals surface area contributed by atoms with Gasteiger partial charge in [-0.15, -0.1) is 0 Å². The molecule has 0 radical (unpaired) electrons. The van der Waals surface area contributed by atoms with Crippen LogP contribution in [0.5, 0.6) is 0 Å². The second-order valence-electron chi connectivity index (χ2n) is 4.49. The van der Waals surface area contributed by atoms with Gasteiger partial charge in [-0.2, -0.15) is 0 Å². The average molecular weight is 255 g/mol. The minimum atomic E-state index is -3.19. The van der Waals surface area contributed by atoms with Crippen LogP contribution in [0.1, 0.15) is 31.9 Å². The molecule has 1 rings (SSSR count). The van der Waals surface area contributed by atoms with Crippen LogP contribution >= 0.6 is 0 Å². The molecular weight excluding hydrogens is 234 g/mol. The standard InChI is InChI=1S/C13H21NO2S/c1-5-14-9-12-8-11(4)6-7-13(12)17(15,16)10(2)3/h6-8,10,14H,5,9H2,1-4H3. The van der Waals surface area contributed by atoms with Crippen molar-refractivity contribution in [3.63, 3.8) is 0 Å². The Morgan fingerprint density at radius 1 is 1.29 bits per heavy atom. The summed E-state index contributed by atoms with van der Waals surface area (Å²) in [6, 6.07) is 5.51. The molecule has 0 aromatic heterocycles. The van der Waals surface area contributed by atoms with Crippen LogP contribution in [0.25, 0.3) is 0 Å². The second kappa shape index (κ2) is 5.65. The van der Waals surface area contributed by atoms with Gasteiger partial charge in [-0.25, -0.2) is 8.42 Å². The van der Waals surface area contributed by atoms with Gasteiger partial charge in [0.15, 0.2) is 9.84 Å². The monoisotopic (exact) mass is 255 g/mol. The lowest BCUT2D eigenvalue weighted by molar-refractivity contribution is 0.584. The molecule has 3 nitrogen and oxygen atoms in total. The Balaban J connectivity index is 3.23. The maximum Gasteiger partial charge on any atom is 0.181 e. The molecule has 17 heavy (non-hydrogen) atoms. The zero-order valence-electron chi connectivity index (χ0n) is 10.9. The van der Waals surface area contributed by atoms with Gasteiger partial charge in [0.2, 0.25) is 0 Å². The van der Waals surface area contributed by atoms with E-state index in [-0.39, 0.29) is 5.25 Å². The van der Waals surface area contributed by atoms with Gasteiger partial charge >= 0.3 is 0 Å². The van der Waals surface area contributed by atoms with E-state index < -0.39 is 9.84 Å². The Morgan fingerprint density at radius 2 is 1.94 bits per heavy atom. The van der Waals surface area contributed by atoms with Crippen LogP contribution < -0.4 is 5.32 Å². The summed E-state index contributed by atoms with van der Waals surface area (Å²) in [6.45, 7) is 8.83. The Kier molecular flexibility index (Phi) is 4.71. The van der Waals surface area contributed by atoms with Crippen molar-refractivity contribution >= 4 is 9.84 Å². The third kappa shape index (κ3) is 3.30. The molecule has 0 aliphatic rings. The van der Waals surface area contributed by atoms with Gasteiger partial charge in [-0.3, -0.25) is 0 Å². The Bertz CT molecular complexity index is 478. The first-order chi connectivity index (χ1) is 7.89. The normalized spacial score (nSPS) is 12.1. The highest BCUT2D eigenvalue weighted by Crippen LogP contribution is 2.21. The van der Waals surface area contributed by atoms with Gasteiger partial charge in [0, 0.05) is 6.54 Å². The fourth-order valence-electron chi connectivity index (χ4n) is 1.64. The summed E-state index contributed by atoms with van der Waals surface area (Å²) in [6.07, 6.45) is 0. The zero-order chi connectivity index (χ0) is 13.1. The van der Waals surface area contributed by atoms with E-state index in [9.17, 15) is 8.42 Å². The van der Waals surface area contributed by atoms with E-state index in [1.54, 1.807) is 19.9 Å². The molecule has 0 spiro atoms. The molecule has 1 aromatic rings. The predicted molar refractivity (Wildman–Crippen MR) is 70.9 cm³/mol. The lowest BCUT2D eigenvalue weighted by atomic mass is 10.1. The van der Waals surface area contributed by atoms with Crippen LogP contribution in [0.3, 0.4) is 0 Å². The van der Waals surface area contributed by atoms with Crippen LogP contribution in [-0.4, -0.2) is 20.2 Å². The van der Waals surface area contributed by atoms with E-state index in [1.165, 1.54) is 0 Å². The highest BCUT2D eigenvalue weighted by Gasteiger charge is 2.22. The third-order valence-corrected chi connectivity index (χ3v) is 4.96. The molecule has 0 bridgehead atoms. The number of sulfone groups is 1. The van der Waals surface area contributed by atoms with Crippen molar-refractivity contribution in [3.05, 3.63) is 29.3 Å². The predicted octanol–water partition coefficient (Wildman–Crippen LogP) is 2.29. The summed E-state index contributed by atoms with van der Waals surface area (Å²) < 4.78 is 24.4. The minimum Gasteiger partial charge on any atom is -0.313 e. The number of hydrogen-bond donors (Lipinski definition) is 1. The van der Waals surface area contributed by atoms with Crippen molar-refractivity contribution in [1.82, 2.24) is 5.32 Å². The molecule has 0 amide bonds. The van der Waals surface area contributed by atoms with Gasteiger partial charge in [0.05, 0.1) is 10.1 Å². The molecular formula is C13H21NO2S. The van der Waals surface area contributed by atoms with Crippen LogP contribution in [0.2, 0.25) is 0 Å². The highest BCUT2D eigenvalue weighted by molar-refractivity contribution is 7.92. The smallest absolute Gasteiger partial charge is 0.181 e. The first-order valence-corrected chi connectivity index (χ1v) is 7.48. The van der Waals surface area contributed by atoms with Crippen LogP contribution in [0.4, 0.5) is 0 Å². The Labute approximate surface area is 104 Å². The molecule has 0 aliphatic carbocycles. The minimum absolute atomic E-state index is 0.384. The number of rotatable bonds is 5. The molecule has 1 aromatic carbocycles. The molecule has 4 heteroatoms. The average Bonchev–Trinajstić information content (AvgIpc) is 2.25. The number of hydrogen-bond acceptors (Lipinski definition) is 3. The number of aryl methyl sites for hydroxylation is 1. The summed E-state index contributed by atoms with van der Waals surface area (Å²) in [5.74, 6) is 0. The van der Waals surface area contributed by atoms with Gasteiger partial charge in [-0.1, -0.05) is 24.6 Å². The molecule has 0 aliphatic heterocycles. The highest BCUT2D eigenvalue weighted by atomic mass is 32.2. The van der Waals surface area contributed by atoms with Gasteiger partial charge < -0.3 is 5.32 Å². The largest absolute Gasteiger partial charge is 0.313 e. The summed E-state index contributed by atoms with van der Waals surface area (Å²) in [5, 5.41) is 2.80. The second-order valence-corrected chi connectivity index (χ2v) is 6.96. The summed E-state index contributed by atoms with van der Waals surface area (Å²) in [4.78, 5) is 0.457. The lowest BCUT2D eigenvalue weighted by Gasteiger charge is -2.14. The SMILES string of the molecule is CCNCc1cc(C)ccc1S(=O)(=O)C(C)C. The molecule has 0 heterocycles. The maximum atomic E-state index is 12.2. The molecule has 96 valence electrons. The lowest BCUT2D eigenvalue weighted by Crippen LogP contribution is -2.19. The topological polar surface area (TPSA) is 46.2 Å². The number of benzene rings is 1. The summed E-state index contributed by atoms with van der Waals surface area (Å²) in [7, 11) is -3.19. The fraction of sp³-hybridized carbons (Fsp3) is 0.538. The van der Waals surface area contributed by atoms with Crippen molar-refractivity contribution in [3.8, 4) is 0 Å². The third-order valence-electron chi connectivity index (χ3n) is 2.71. The van der Waals surface area contributed by atoms with Crippen LogP contribution in [-0.2, 0) is 16.4 Å². The van der Waals surface area contributed by atoms with Crippen molar-refractivity contribution in [2.75, 3.05) is 6.54 Å². The van der Waals surface area contributed by atoms with Crippen molar-refractivity contribution in [2.45, 2.75) is 44.4 Å². The zero-order valence-corrected chi connectivity index (χ0v) is 11.8. The molecule has 0 saturated heterocycles. The van der Waals surface area contributed by atoms with Crippen LogP contribution in [0.15, 0.2) is 23.1 Å². The summed E-state index contributed by atoms with van der Waals surface area (Å²) in [5.41, 5.74) is 1.95. The Morgan fingerprint density at radius 3 is 2.47 bits per heavy atom.